The third-order valence-corrected chi connectivity index (χ3v) is 4.30. The van der Waals surface area contributed by atoms with E-state index < -0.39 is 23.6 Å². The van der Waals surface area contributed by atoms with Gasteiger partial charge >= 0.3 is 6.18 Å². The zero-order valence-electron chi connectivity index (χ0n) is 15.9. The molecule has 0 saturated heterocycles. The van der Waals surface area contributed by atoms with E-state index in [1.54, 1.807) is 42.5 Å². The first-order valence-electron chi connectivity index (χ1n) is 8.98. The van der Waals surface area contributed by atoms with Gasteiger partial charge in [0.05, 0.1) is 5.56 Å². The van der Waals surface area contributed by atoms with Crippen molar-refractivity contribution >= 4 is 40.5 Å². The van der Waals surface area contributed by atoms with Crippen LogP contribution in [0, 0.1) is 0 Å². The summed E-state index contributed by atoms with van der Waals surface area (Å²) in [4.78, 5) is 24.6. The van der Waals surface area contributed by atoms with Crippen LogP contribution in [-0.4, -0.2) is 16.9 Å². The number of anilines is 2. The zero-order valence-corrected chi connectivity index (χ0v) is 16.7. The van der Waals surface area contributed by atoms with Crippen LogP contribution in [-0.2, 0) is 6.18 Å². The summed E-state index contributed by atoms with van der Waals surface area (Å²) in [5.74, 6) is -0.987. The van der Waals surface area contributed by atoms with Crippen LogP contribution < -0.4 is 16.0 Å². The Morgan fingerprint density at radius 2 is 1.32 bits per heavy atom. The number of thiocarbonyl (C=S) groups is 1. The van der Waals surface area contributed by atoms with Crippen molar-refractivity contribution in [1.82, 2.24) is 5.32 Å². The second-order valence-corrected chi connectivity index (χ2v) is 6.80. The Hall–Kier alpha value is -3.72. The maximum absolute atomic E-state index is 12.8. The molecule has 3 aromatic rings. The molecule has 0 fully saturated rings. The highest BCUT2D eigenvalue weighted by atomic mass is 32.1. The van der Waals surface area contributed by atoms with Crippen molar-refractivity contribution in [2.75, 3.05) is 10.6 Å². The number of nitrogens with one attached hydrogen (secondary N) is 3. The Balaban J connectivity index is 1.65. The summed E-state index contributed by atoms with van der Waals surface area (Å²) in [5, 5.41) is 7.80. The van der Waals surface area contributed by atoms with Crippen LogP contribution in [0.5, 0.6) is 0 Å². The fraction of sp³-hybridized carbons (Fsp3) is 0.0455. The van der Waals surface area contributed by atoms with Crippen molar-refractivity contribution in [3.05, 3.63) is 95.6 Å². The highest BCUT2D eigenvalue weighted by Crippen LogP contribution is 2.30. The molecule has 3 aromatic carbocycles. The van der Waals surface area contributed by atoms with Gasteiger partial charge in [0.25, 0.3) is 11.8 Å². The summed E-state index contributed by atoms with van der Waals surface area (Å²) < 4.78 is 38.5. The predicted octanol–water partition coefficient (Wildman–Crippen LogP) is 5.08. The number of amides is 2. The molecule has 0 spiro atoms. The van der Waals surface area contributed by atoms with Gasteiger partial charge in [0.2, 0.25) is 0 Å². The van der Waals surface area contributed by atoms with Crippen LogP contribution in [0.15, 0.2) is 78.9 Å². The molecule has 0 aliphatic rings. The molecule has 9 heteroatoms. The van der Waals surface area contributed by atoms with Crippen LogP contribution in [0.3, 0.4) is 0 Å². The minimum atomic E-state index is -4.51. The second kappa shape index (κ2) is 9.40. The van der Waals surface area contributed by atoms with E-state index in [1.165, 1.54) is 24.3 Å². The Kier molecular flexibility index (Phi) is 6.66. The number of benzene rings is 3. The van der Waals surface area contributed by atoms with Crippen molar-refractivity contribution in [3.63, 3.8) is 0 Å². The van der Waals surface area contributed by atoms with Crippen LogP contribution in [0.4, 0.5) is 24.5 Å². The first kappa shape index (κ1) is 22.0. The van der Waals surface area contributed by atoms with E-state index in [2.05, 4.69) is 16.0 Å². The summed E-state index contributed by atoms with van der Waals surface area (Å²) in [6.07, 6.45) is -4.51. The second-order valence-electron chi connectivity index (χ2n) is 6.39. The number of hydrogen-bond donors (Lipinski definition) is 3. The molecule has 0 saturated carbocycles. The molecule has 0 aliphatic carbocycles. The van der Waals surface area contributed by atoms with Gasteiger partial charge in [0, 0.05) is 22.5 Å². The summed E-state index contributed by atoms with van der Waals surface area (Å²) in [7, 11) is 0. The highest BCUT2D eigenvalue weighted by molar-refractivity contribution is 7.80. The lowest BCUT2D eigenvalue weighted by Gasteiger charge is -2.12. The van der Waals surface area contributed by atoms with Gasteiger partial charge in [-0.3, -0.25) is 14.9 Å². The maximum atomic E-state index is 12.8. The van der Waals surface area contributed by atoms with E-state index in [4.69, 9.17) is 12.2 Å². The maximum Gasteiger partial charge on any atom is 0.416 e. The lowest BCUT2D eigenvalue weighted by atomic mass is 10.1. The minimum Gasteiger partial charge on any atom is -0.332 e. The molecule has 0 unspecified atom stereocenters. The SMILES string of the molecule is O=C(NC(=S)Nc1cccc(C(=O)Nc2cccc(C(F)(F)F)c2)c1)c1ccccc1. The molecule has 5 nitrogen and oxygen atoms in total. The summed E-state index contributed by atoms with van der Waals surface area (Å²) in [6.45, 7) is 0. The Morgan fingerprint density at radius 1 is 0.710 bits per heavy atom. The largest absolute Gasteiger partial charge is 0.416 e. The smallest absolute Gasteiger partial charge is 0.332 e. The van der Waals surface area contributed by atoms with Gasteiger partial charge in [0.1, 0.15) is 0 Å². The van der Waals surface area contributed by atoms with Gasteiger partial charge in [-0.2, -0.15) is 13.2 Å². The van der Waals surface area contributed by atoms with Crippen LogP contribution in [0.2, 0.25) is 0 Å². The predicted molar refractivity (Wildman–Crippen MR) is 116 cm³/mol. The van der Waals surface area contributed by atoms with E-state index >= 15 is 0 Å². The lowest BCUT2D eigenvalue weighted by Crippen LogP contribution is -2.34. The summed E-state index contributed by atoms with van der Waals surface area (Å²) in [6, 6.07) is 19.0. The number of carbonyl (C=O) groups excluding carboxylic acids is 2. The quantitative estimate of drug-likeness (QED) is 0.492. The number of rotatable bonds is 4. The molecule has 0 aliphatic heterocycles. The third kappa shape index (κ3) is 6.13. The molecule has 0 heterocycles. The molecule has 0 atom stereocenters. The van der Waals surface area contributed by atoms with Gasteiger partial charge in [-0.05, 0) is 60.7 Å². The number of hydrogen-bond acceptors (Lipinski definition) is 3. The number of alkyl halides is 3. The molecule has 0 bridgehead atoms. The third-order valence-electron chi connectivity index (χ3n) is 4.09. The van der Waals surface area contributed by atoms with Crippen LogP contribution in [0.25, 0.3) is 0 Å². The van der Waals surface area contributed by atoms with Crippen molar-refractivity contribution in [2.45, 2.75) is 6.18 Å². The Labute approximate surface area is 181 Å². The van der Waals surface area contributed by atoms with Crippen LogP contribution in [0.1, 0.15) is 26.3 Å². The standard InChI is InChI=1S/C22H16F3N3O2S/c23-22(24,25)16-9-5-11-18(13-16)26-20(30)15-8-4-10-17(12-15)27-21(31)28-19(29)14-6-2-1-3-7-14/h1-13H,(H,26,30)(H2,27,28,29,31). The first-order valence-corrected chi connectivity index (χ1v) is 9.39. The Bertz CT molecular complexity index is 1120. The van der Waals surface area contributed by atoms with Gasteiger partial charge in [-0.1, -0.05) is 30.3 Å². The molecular formula is C22H16F3N3O2S. The number of carbonyl (C=O) groups is 2. The Morgan fingerprint density at radius 3 is 2.00 bits per heavy atom. The summed E-state index contributed by atoms with van der Waals surface area (Å²) >= 11 is 5.13. The van der Waals surface area contributed by atoms with Crippen molar-refractivity contribution < 1.29 is 22.8 Å². The van der Waals surface area contributed by atoms with E-state index in [9.17, 15) is 22.8 Å². The van der Waals surface area contributed by atoms with Gasteiger partial charge in [0.15, 0.2) is 5.11 Å². The molecule has 3 N–H and O–H groups in total. The molecule has 3 rings (SSSR count). The molecular weight excluding hydrogens is 427 g/mol. The van der Waals surface area contributed by atoms with E-state index in [-0.39, 0.29) is 16.4 Å². The van der Waals surface area contributed by atoms with E-state index in [0.717, 1.165) is 12.1 Å². The highest BCUT2D eigenvalue weighted by Gasteiger charge is 2.30. The lowest BCUT2D eigenvalue weighted by molar-refractivity contribution is -0.137. The summed E-state index contributed by atoms with van der Waals surface area (Å²) in [5.41, 5.74) is 0.208. The molecule has 0 aromatic heterocycles. The molecule has 2 amide bonds. The number of halogens is 3. The van der Waals surface area contributed by atoms with Gasteiger partial charge < -0.3 is 10.6 Å². The van der Waals surface area contributed by atoms with Gasteiger partial charge in [-0.25, -0.2) is 0 Å². The normalized spacial score (nSPS) is 10.8. The van der Waals surface area contributed by atoms with Gasteiger partial charge in [-0.15, -0.1) is 0 Å². The molecule has 31 heavy (non-hydrogen) atoms. The molecule has 0 radical (unpaired) electrons. The zero-order chi connectivity index (χ0) is 22.4. The van der Waals surface area contributed by atoms with Crippen molar-refractivity contribution in [3.8, 4) is 0 Å². The average molecular weight is 443 g/mol. The fourth-order valence-corrected chi connectivity index (χ4v) is 2.85. The van der Waals surface area contributed by atoms with Crippen molar-refractivity contribution in [2.24, 2.45) is 0 Å². The average Bonchev–Trinajstić information content (AvgIpc) is 2.74. The van der Waals surface area contributed by atoms with Crippen LogP contribution >= 0.6 is 12.2 Å². The first-order chi connectivity index (χ1) is 14.7. The van der Waals surface area contributed by atoms with Crippen molar-refractivity contribution in [1.29, 1.82) is 0 Å². The van der Waals surface area contributed by atoms with E-state index in [0.29, 0.717) is 11.3 Å². The molecule has 158 valence electrons. The monoisotopic (exact) mass is 443 g/mol. The van der Waals surface area contributed by atoms with E-state index in [1.807, 2.05) is 0 Å². The fourth-order valence-electron chi connectivity index (χ4n) is 2.64. The minimum absolute atomic E-state index is 0.0174. The topological polar surface area (TPSA) is 70.2 Å².